The van der Waals surface area contributed by atoms with E-state index in [4.69, 9.17) is 5.11 Å². The molecule has 0 saturated carbocycles. The number of amides is 1. The standard InChI is InChI=1S/C9H17NO5S/c1-7(3-4-9(12)13)5-10-8(11)6-16(2,14)15/h7H,3-6H2,1-2H3,(H,10,11)(H,12,13). The molecule has 0 aliphatic rings. The first-order valence-corrected chi connectivity index (χ1v) is 6.93. The van der Waals surface area contributed by atoms with Gasteiger partial charge < -0.3 is 10.4 Å². The highest BCUT2D eigenvalue weighted by Gasteiger charge is 2.12. The topological polar surface area (TPSA) is 101 Å². The number of sulfone groups is 1. The van der Waals surface area contributed by atoms with E-state index in [2.05, 4.69) is 5.32 Å². The van der Waals surface area contributed by atoms with Crippen molar-refractivity contribution in [3.05, 3.63) is 0 Å². The molecule has 0 bridgehead atoms. The van der Waals surface area contributed by atoms with Crippen molar-refractivity contribution in [3.63, 3.8) is 0 Å². The Labute approximate surface area is 95.0 Å². The van der Waals surface area contributed by atoms with Gasteiger partial charge in [0.1, 0.15) is 5.75 Å². The summed E-state index contributed by atoms with van der Waals surface area (Å²) >= 11 is 0. The van der Waals surface area contributed by atoms with Crippen molar-refractivity contribution in [2.24, 2.45) is 5.92 Å². The zero-order valence-corrected chi connectivity index (χ0v) is 10.2. The molecule has 16 heavy (non-hydrogen) atoms. The van der Waals surface area contributed by atoms with Gasteiger partial charge in [0, 0.05) is 19.2 Å². The second-order valence-electron chi connectivity index (χ2n) is 3.91. The Morgan fingerprint density at radius 3 is 2.38 bits per heavy atom. The number of hydrogen-bond acceptors (Lipinski definition) is 4. The van der Waals surface area contributed by atoms with Crippen molar-refractivity contribution in [1.29, 1.82) is 0 Å². The van der Waals surface area contributed by atoms with Crippen LogP contribution in [0.2, 0.25) is 0 Å². The Kier molecular flexibility index (Phi) is 6.02. The van der Waals surface area contributed by atoms with Crippen molar-refractivity contribution in [2.75, 3.05) is 18.6 Å². The molecular formula is C9H17NO5S. The number of rotatable bonds is 7. The highest BCUT2D eigenvalue weighted by Crippen LogP contribution is 2.03. The first kappa shape index (κ1) is 14.9. The second-order valence-corrected chi connectivity index (χ2v) is 6.05. The zero-order chi connectivity index (χ0) is 12.8. The van der Waals surface area contributed by atoms with E-state index in [-0.39, 0.29) is 12.3 Å². The van der Waals surface area contributed by atoms with Crippen molar-refractivity contribution in [1.82, 2.24) is 5.32 Å². The lowest BCUT2D eigenvalue weighted by Crippen LogP contribution is -2.33. The summed E-state index contributed by atoms with van der Waals surface area (Å²) in [6.07, 6.45) is 1.48. The number of carbonyl (C=O) groups excluding carboxylic acids is 1. The molecule has 1 unspecified atom stereocenters. The Morgan fingerprint density at radius 2 is 1.94 bits per heavy atom. The predicted molar refractivity (Wildman–Crippen MR) is 58.8 cm³/mol. The van der Waals surface area contributed by atoms with Crippen molar-refractivity contribution < 1.29 is 23.1 Å². The molecular weight excluding hydrogens is 234 g/mol. The van der Waals surface area contributed by atoms with Crippen molar-refractivity contribution in [3.8, 4) is 0 Å². The molecule has 2 N–H and O–H groups in total. The molecule has 0 aliphatic heterocycles. The monoisotopic (exact) mass is 251 g/mol. The molecule has 0 aromatic rings. The summed E-state index contributed by atoms with van der Waals surface area (Å²) in [5, 5.41) is 10.9. The van der Waals surface area contributed by atoms with Crippen LogP contribution in [0.15, 0.2) is 0 Å². The van der Waals surface area contributed by atoms with Crippen LogP contribution >= 0.6 is 0 Å². The molecule has 0 rings (SSSR count). The van der Waals surface area contributed by atoms with Crippen LogP contribution in [0.25, 0.3) is 0 Å². The lowest BCUT2D eigenvalue weighted by atomic mass is 10.1. The molecule has 1 atom stereocenters. The summed E-state index contributed by atoms with van der Waals surface area (Å²) in [5.41, 5.74) is 0. The average Bonchev–Trinajstić information content (AvgIpc) is 2.08. The third kappa shape index (κ3) is 9.45. The SMILES string of the molecule is CC(CCC(=O)O)CNC(=O)CS(C)(=O)=O. The molecule has 7 heteroatoms. The maximum absolute atomic E-state index is 11.1. The number of hydrogen-bond donors (Lipinski definition) is 2. The third-order valence-corrected chi connectivity index (χ3v) is 2.68. The van der Waals surface area contributed by atoms with E-state index in [0.717, 1.165) is 6.26 Å². The van der Waals surface area contributed by atoms with Gasteiger partial charge in [-0.3, -0.25) is 9.59 Å². The summed E-state index contributed by atoms with van der Waals surface area (Å²) in [6, 6.07) is 0. The quantitative estimate of drug-likeness (QED) is 0.644. The molecule has 0 fully saturated rings. The third-order valence-electron chi connectivity index (χ3n) is 1.89. The molecule has 0 heterocycles. The first-order valence-electron chi connectivity index (χ1n) is 4.87. The first-order chi connectivity index (χ1) is 7.20. The van der Waals surface area contributed by atoms with Crippen LogP contribution in [-0.2, 0) is 19.4 Å². The minimum atomic E-state index is -3.30. The second kappa shape index (κ2) is 6.47. The molecule has 0 radical (unpaired) electrons. The minimum absolute atomic E-state index is 0.0135. The van der Waals surface area contributed by atoms with Crippen LogP contribution in [0.5, 0.6) is 0 Å². The van der Waals surface area contributed by atoms with Gasteiger partial charge in [-0.15, -0.1) is 0 Å². The molecule has 0 saturated heterocycles. The van der Waals surface area contributed by atoms with Gasteiger partial charge in [0.15, 0.2) is 9.84 Å². The van der Waals surface area contributed by atoms with Crippen molar-refractivity contribution >= 4 is 21.7 Å². The van der Waals surface area contributed by atoms with Gasteiger partial charge in [-0.1, -0.05) is 6.92 Å². The van der Waals surface area contributed by atoms with Gasteiger partial charge in [0.05, 0.1) is 0 Å². The van der Waals surface area contributed by atoms with Crippen LogP contribution in [-0.4, -0.2) is 44.0 Å². The summed E-state index contributed by atoms with van der Waals surface area (Å²) in [4.78, 5) is 21.4. The molecule has 0 aromatic carbocycles. The smallest absolute Gasteiger partial charge is 0.303 e. The number of nitrogens with one attached hydrogen (secondary N) is 1. The zero-order valence-electron chi connectivity index (χ0n) is 9.39. The Hall–Kier alpha value is -1.11. The Balaban J connectivity index is 3.79. The fourth-order valence-electron chi connectivity index (χ4n) is 1.05. The van der Waals surface area contributed by atoms with Crippen LogP contribution in [0.1, 0.15) is 19.8 Å². The van der Waals surface area contributed by atoms with Gasteiger partial charge in [-0.05, 0) is 12.3 Å². The normalized spacial score (nSPS) is 13.1. The number of carboxylic acid groups (broad SMARTS) is 1. The highest BCUT2D eigenvalue weighted by molar-refractivity contribution is 7.91. The molecule has 0 aromatic heterocycles. The van der Waals surface area contributed by atoms with Gasteiger partial charge >= 0.3 is 5.97 Å². The summed E-state index contributed by atoms with van der Waals surface area (Å²) < 4.78 is 21.5. The summed E-state index contributed by atoms with van der Waals surface area (Å²) in [7, 11) is -3.30. The van der Waals surface area contributed by atoms with E-state index >= 15 is 0 Å². The number of carboxylic acids is 1. The van der Waals surface area contributed by atoms with Gasteiger partial charge in [0.25, 0.3) is 0 Å². The van der Waals surface area contributed by atoms with Crippen LogP contribution in [0.4, 0.5) is 0 Å². The molecule has 94 valence electrons. The largest absolute Gasteiger partial charge is 0.481 e. The number of carbonyl (C=O) groups is 2. The van der Waals surface area contributed by atoms with E-state index in [0.29, 0.717) is 13.0 Å². The van der Waals surface area contributed by atoms with E-state index < -0.39 is 27.5 Å². The van der Waals surface area contributed by atoms with E-state index in [1.54, 1.807) is 6.92 Å². The van der Waals surface area contributed by atoms with E-state index in [1.165, 1.54) is 0 Å². The predicted octanol–water partition coefficient (Wildman–Crippen LogP) is -0.352. The average molecular weight is 251 g/mol. The molecule has 0 spiro atoms. The maximum atomic E-state index is 11.1. The van der Waals surface area contributed by atoms with Crippen LogP contribution < -0.4 is 5.32 Å². The molecule has 0 aliphatic carbocycles. The summed E-state index contributed by atoms with van der Waals surface area (Å²) in [5.74, 6) is -1.95. The van der Waals surface area contributed by atoms with E-state index in [9.17, 15) is 18.0 Å². The van der Waals surface area contributed by atoms with Gasteiger partial charge in [0.2, 0.25) is 5.91 Å². The highest BCUT2D eigenvalue weighted by atomic mass is 32.2. The van der Waals surface area contributed by atoms with Crippen molar-refractivity contribution in [2.45, 2.75) is 19.8 Å². The van der Waals surface area contributed by atoms with E-state index in [1.807, 2.05) is 0 Å². The Bertz CT molecular complexity index is 349. The lowest BCUT2D eigenvalue weighted by molar-refractivity contribution is -0.137. The van der Waals surface area contributed by atoms with Gasteiger partial charge in [-0.2, -0.15) is 0 Å². The molecule has 6 nitrogen and oxygen atoms in total. The number of aliphatic carboxylic acids is 1. The van der Waals surface area contributed by atoms with Crippen LogP contribution in [0.3, 0.4) is 0 Å². The maximum Gasteiger partial charge on any atom is 0.303 e. The fraction of sp³-hybridized carbons (Fsp3) is 0.778. The minimum Gasteiger partial charge on any atom is -0.481 e. The fourth-order valence-corrected chi connectivity index (χ4v) is 1.63. The van der Waals surface area contributed by atoms with Gasteiger partial charge in [-0.25, -0.2) is 8.42 Å². The summed E-state index contributed by atoms with van der Waals surface area (Å²) in [6.45, 7) is 2.09. The Morgan fingerprint density at radius 1 is 1.38 bits per heavy atom. The van der Waals surface area contributed by atoms with Crippen LogP contribution in [0, 0.1) is 5.92 Å². The lowest BCUT2D eigenvalue weighted by Gasteiger charge is -2.10. The molecule has 1 amide bonds.